The minimum Gasteiger partial charge on any atom is -0.0901 e. The Morgan fingerprint density at radius 1 is 0.371 bits per heavy atom. The largest absolute Gasteiger partial charge is 0.0901 e. The third-order valence-electron chi connectivity index (χ3n) is 6.29. The summed E-state index contributed by atoms with van der Waals surface area (Å²) in [6.45, 7) is 0. The van der Waals surface area contributed by atoms with E-state index < -0.39 is 0 Å². The van der Waals surface area contributed by atoms with Gasteiger partial charge in [0.15, 0.2) is 0 Å². The Kier molecular flexibility index (Phi) is 5.92. The van der Waals surface area contributed by atoms with Crippen LogP contribution < -0.4 is 0 Å². The fourth-order valence-corrected chi connectivity index (χ4v) is 5.58. The van der Waals surface area contributed by atoms with Crippen LogP contribution in [0, 0.1) is 0 Å². The Labute approximate surface area is 210 Å². The zero-order valence-electron chi connectivity index (χ0n) is 19.3. The molecule has 0 N–H and O–H groups in total. The molecule has 0 aliphatic heterocycles. The summed E-state index contributed by atoms with van der Waals surface area (Å²) in [5, 5.41) is 7.85. The van der Waals surface area contributed by atoms with Crippen molar-refractivity contribution in [1.82, 2.24) is 0 Å². The smallest absolute Gasteiger partial charge is 0.0128 e. The highest BCUT2D eigenvalue weighted by Gasteiger charge is 2.07. The van der Waals surface area contributed by atoms with Gasteiger partial charge in [-0.25, -0.2) is 0 Å². The predicted octanol–water partition coefficient (Wildman–Crippen LogP) is 10.0. The molecule has 0 radical (unpaired) electrons. The van der Waals surface area contributed by atoms with Gasteiger partial charge in [-0.3, -0.25) is 0 Å². The second kappa shape index (κ2) is 9.66. The first kappa shape index (κ1) is 21.5. The third kappa shape index (κ3) is 4.51. The topological polar surface area (TPSA) is 0 Å². The average molecular weight is 465 g/mol. The fraction of sp³-hybridized carbons (Fsp3) is 0. The molecule has 0 fully saturated rings. The summed E-state index contributed by atoms with van der Waals surface area (Å²) in [5.74, 6) is 0. The summed E-state index contributed by atoms with van der Waals surface area (Å²) < 4.78 is 0. The molecule has 166 valence electrons. The Bertz CT molecular complexity index is 1670. The molecule has 0 atom stereocenters. The summed E-state index contributed by atoms with van der Waals surface area (Å²) in [6.07, 6.45) is 8.59. The average Bonchev–Trinajstić information content (AvgIpc) is 2.92. The molecule has 0 aromatic heterocycles. The Morgan fingerprint density at radius 3 is 1.54 bits per heavy atom. The predicted molar refractivity (Wildman–Crippen MR) is 154 cm³/mol. The number of benzene rings is 6. The first-order valence-corrected chi connectivity index (χ1v) is 12.7. The monoisotopic (exact) mass is 464 g/mol. The molecule has 0 saturated heterocycles. The molecule has 1 heteroatoms. The molecule has 0 aliphatic rings. The first-order valence-electron chi connectivity index (χ1n) is 11.9. The van der Waals surface area contributed by atoms with Crippen LogP contribution in [0.2, 0.25) is 0 Å². The highest BCUT2D eigenvalue weighted by Crippen LogP contribution is 2.35. The van der Waals surface area contributed by atoms with Gasteiger partial charge in [0, 0.05) is 9.79 Å². The normalized spacial score (nSPS) is 11.9. The summed E-state index contributed by atoms with van der Waals surface area (Å²) >= 11 is 1.79. The molecule has 0 nitrogen and oxygen atoms in total. The summed E-state index contributed by atoms with van der Waals surface area (Å²) in [5.41, 5.74) is 2.41. The summed E-state index contributed by atoms with van der Waals surface area (Å²) in [7, 11) is 0. The lowest BCUT2D eigenvalue weighted by Gasteiger charge is -2.10. The maximum absolute atomic E-state index is 2.31. The lowest BCUT2D eigenvalue weighted by molar-refractivity contribution is 1.40. The lowest BCUT2D eigenvalue weighted by atomic mass is 9.93. The van der Waals surface area contributed by atoms with E-state index >= 15 is 0 Å². The van der Waals surface area contributed by atoms with Crippen LogP contribution in [-0.4, -0.2) is 0 Å². The highest BCUT2D eigenvalue weighted by molar-refractivity contribution is 7.99. The van der Waals surface area contributed by atoms with E-state index in [-0.39, 0.29) is 0 Å². The second-order valence-corrected chi connectivity index (χ2v) is 9.75. The molecule has 6 aromatic rings. The van der Waals surface area contributed by atoms with Crippen molar-refractivity contribution in [2.45, 2.75) is 9.79 Å². The Balaban J connectivity index is 1.28. The van der Waals surface area contributed by atoms with Crippen LogP contribution in [0.5, 0.6) is 0 Å². The van der Waals surface area contributed by atoms with E-state index in [2.05, 4.69) is 146 Å². The number of fused-ring (bicyclic) bond motifs is 6. The SMILES string of the molecule is C(/C=C/c1ccc2c3ccccc3c3ccccc3c2c1)=C\c1cccc(Sc2ccccc2)c1. The van der Waals surface area contributed by atoms with Crippen LogP contribution in [0.3, 0.4) is 0 Å². The van der Waals surface area contributed by atoms with Gasteiger partial charge in [0.2, 0.25) is 0 Å². The van der Waals surface area contributed by atoms with Gasteiger partial charge >= 0.3 is 0 Å². The van der Waals surface area contributed by atoms with E-state index in [1.807, 2.05) is 0 Å². The zero-order chi connectivity index (χ0) is 23.5. The Morgan fingerprint density at radius 2 is 0.886 bits per heavy atom. The van der Waals surface area contributed by atoms with Crippen molar-refractivity contribution in [3.05, 3.63) is 145 Å². The minimum absolute atomic E-state index is 1.20. The maximum Gasteiger partial charge on any atom is 0.0128 e. The molecule has 0 heterocycles. The van der Waals surface area contributed by atoms with Crippen molar-refractivity contribution >= 4 is 56.2 Å². The van der Waals surface area contributed by atoms with E-state index in [0.717, 1.165) is 0 Å². The summed E-state index contributed by atoms with van der Waals surface area (Å²) in [4.78, 5) is 2.50. The van der Waals surface area contributed by atoms with Gasteiger partial charge in [-0.15, -0.1) is 0 Å². The van der Waals surface area contributed by atoms with Crippen LogP contribution in [-0.2, 0) is 0 Å². The van der Waals surface area contributed by atoms with Gasteiger partial charge in [0.05, 0.1) is 0 Å². The van der Waals surface area contributed by atoms with Crippen molar-refractivity contribution in [2.24, 2.45) is 0 Å². The van der Waals surface area contributed by atoms with Crippen LogP contribution >= 0.6 is 11.8 Å². The van der Waals surface area contributed by atoms with Crippen molar-refractivity contribution in [1.29, 1.82) is 0 Å². The van der Waals surface area contributed by atoms with Gasteiger partial charge in [-0.2, -0.15) is 0 Å². The molecular weight excluding hydrogens is 440 g/mol. The Hall–Kier alpha value is -4.07. The molecule has 0 aliphatic carbocycles. The maximum atomic E-state index is 2.31. The lowest BCUT2D eigenvalue weighted by Crippen LogP contribution is -1.83. The third-order valence-corrected chi connectivity index (χ3v) is 7.29. The van der Waals surface area contributed by atoms with Gasteiger partial charge in [-0.05, 0) is 73.8 Å². The van der Waals surface area contributed by atoms with Crippen LogP contribution in [0.4, 0.5) is 0 Å². The highest BCUT2D eigenvalue weighted by atomic mass is 32.2. The van der Waals surface area contributed by atoms with E-state index in [1.54, 1.807) is 11.8 Å². The fourth-order valence-electron chi connectivity index (χ4n) is 4.67. The molecule has 0 spiro atoms. The molecule has 6 aromatic carbocycles. The first-order chi connectivity index (χ1) is 17.3. The van der Waals surface area contributed by atoms with E-state index in [1.165, 1.54) is 53.2 Å². The number of allylic oxidation sites excluding steroid dienone is 2. The molecule has 6 rings (SSSR count). The van der Waals surface area contributed by atoms with Crippen molar-refractivity contribution in [3.8, 4) is 0 Å². The quantitative estimate of drug-likeness (QED) is 0.181. The zero-order valence-corrected chi connectivity index (χ0v) is 20.1. The number of hydrogen-bond acceptors (Lipinski definition) is 1. The molecular formula is C34H24S. The van der Waals surface area contributed by atoms with E-state index in [4.69, 9.17) is 0 Å². The van der Waals surface area contributed by atoms with Crippen LogP contribution in [0.25, 0.3) is 44.5 Å². The number of hydrogen-bond donors (Lipinski definition) is 0. The van der Waals surface area contributed by atoms with Gasteiger partial charge in [0.25, 0.3) is 0 Å². The summed E-state index contributed by atoms with van der Waals surface area (Å²) in [6, 6.07) is 43.4. The van der Waals surface area contributed by atoms with Crippen LogP contribution in [0.1, 0.15) is 11.1 Å². The molecule has 35 heavy (non-hydrogen) atoms. The van der Waals surface area contributed by atoms with Crippen molar-refractivity contribution in [2.75, 3.05) is 0 Å². The second-order valence-electron chi connectivity index (χ2n) is 8.60. The molecule has 0 amide bonds. The van der Waals surface area contributed by atoms with E-state index in [9.17, 15) is 0 Å². The van der Waals surface area contributed by atoms with Gasteiger partial charge in [-0.1, -0.05) is 127 Å². The van der Waals surface area contributed by atoms with Gasteiger partial charge < -0.3 is 0 Å². The molecule has 0 saturated carbocycles. The molecule has 0 bridgehead atoms. The van der Waals surface area contributed by atoms with Crippen molar-refractivity contribution < 1.29 is 0 Å². The van der Waals surface area contributed by atoms with Crippen LogP contribution in [0.15, 0.2) is 143 Å². The van der Waals surface area contributed by atoms with Gasteiger partial charge in [0.1, 0.15) is 0 Å². The molecule has 0 unspecified atom stereocenters. The van der Waals surface area contributed by atoms with Crippen molar-refractivity contribution in [3.63, 3.8) is 0 Å². The minimum atomic E-state index is 1.20. The number of rotatable bonds is 5. The van der Waals surface area contributed by atoms with E-state index in [0.29, 0.717) is 0 Å². The standard InChI is InChI=1S/C34H24S/c1-2-14-27(15-3-1)35-28-16-10-13-25(23-28)11-4-5-12-26-21-22-33-31-19-7-6-17-29(31)30-18-8-9-20-32(30)34(33)24-26/h1-24H/b11-4+,12-5+.